The Bertz CT molecular complexity index is 567. The second-order valence-electron chi connectivity index (χ2n) is 3.81. The van der Waals surface area contributed by atoms with Crippen LogP contribution in [0.3, 0.4) is 0 Å². The number of rotatable bonds is 2. The smallest absolute Gasteiger partial charge is 0.216 e. The van der Waals surface area contributed by atoms with Gasteiger partial charge in [0.1, 0.15) is 11.4 Å². The van der Waals surface area contributed by atoms with Crippen molar-refractivity contribution in [2.45, 2.75) is 6.42 Å². The molecule has 17 heavy (non-hydrogen) atoms. The van der Waals surface area contributed by atoms with Crippen LogP contribution in [0, 0.1) is 0 Å². The van der Waals surface area contributed by atoms with E-state index in [2.05, 4.69) is 9.97 Å². The van der Waals surface area contributed by atoms with Crippen LogP contribution in [0.4, 0.5) is 0 Å². The summed E-state index contributed by atoms with van der Waals surface area (Å²) in [6, 6.07) is 5.62. The van der Waals surface area contributed by atoms with Gasteiger partial charge >= 0.3 is 0 Å². The molecule has 84 valence electrons. The van der Waals surface area contributed by atoms with E-state index in [4.69, 9.17) is 4.74 Å². The summed E-state index contributed by atoms with van der Waals surface area (Å²) >= 11 is 0. The molecule has 0 radical (unpaired) electrons. The largest absolute Gasteiger partial charge is 0.492 e. The predicted molar refractivity (Wildman–Crippen MR) is 61.1 cm³/mol. The number of carbonyl (C=O) groups is 1. The van der Waals surface area contributed by atoms with Gasteiger partial charge in [0.15, 0.2) is 0 Å². The van der Waals surface area contributed by atoms with Gasteiger partial charge < -0.3 is 4.74 Å². The highest BCUT2D eigenvalue weighted by atomic mass is 16.5. The third-order valence-corrected chi connectivity index (χ3v) is 2.75. The van der Waals surface area contributed by atoms with Crippen LogP contribution in [-0.4, -0.2) is 22.4 Å². The molecule has 1 aromatic carbocycles. The van der Waals surface area contributed by atoms with Gasteiger partial charge in [-0.1, -0.05) is 12.1 Å². The highest BCUT2D eigenvalue weighted by molar-refractivity contribution is 6.09. The van der Waals surface area contributed by atoms with Crippen molar-refractivity contribution in [3.8, 4) is 5.75 Å². The van der Waals surface area contributed by atoms with Crippen LogP contribution < -0.4 is 4.74 Å². The molecule has 4 heteroatoms. The highest BCUT2D eigenvalue weighted by Crippen LogP contribution is 2.30. The molecule has 0 fully saturated rings. The van der Waals surface area contributed by atoms with Gasteiger partial charge in [-0.25, -0.2) is 4.98 Å². The normalized spacial score (nSPS) is 12.9. The van der Waals surface area contributed by atoms with Crippen LogP contribution in [0.15, 0.2) is 36.8 Å². The van der Waals surface area contributed by atoms with Gasteiger partial charge in [-0.2, -0.15) is 0 Å². The molecule has 0 aliphatic carbocycles. The first kappa shape index (κ1) is 9.96. The van der Waals surface area contributed by atoms with E-state index >= 15 is 0 Å². The Morgan fingerprint density at radius 1 is 1.29 bits per heavy atom. The summed E-state index contributed by atoms with van der Waals surface area (Å²) in [5, 5.41) is 0. The SMILES string of the molecule is O=C(c1cnccn1)c1cccc2c1OCC2. The third kappa shape index (κ3) is 1.67. The average molecular weight is 226 g/mol. The molecule has 0 spiro atoms. The summed E-state index contributed by atoms with van der Waals surface area (Å²) in [6.07, 6.45) is 5.38. The average Bonchev–Trinajstić information content (AvgIpc) is 2.87. The van der Waals surface area contributed by atoms with E-state index in [1.54, 1.807) is 12.3 Å². The topological polar surface area (TPSA) is 52.1 Å². The van der Waals surface area contributed by atoms with Gasteiger partial charge in [-0.05, 0) is 11.6 Å². The number of ether oxygens (including phenoxy) is 1. The summed E-state index contributed by atoms with van der Waals surface area (Å²) in [6.45, 7) is 0.639. The number of benzene rings is 1. The molecule has 2 aromatic rings. The molecular weight excluding hydrogens is 216 g/mol. The van der Waals surface area contributed by atoms with Crippen LogP contribution in [0.25, 0.3) is 0 Å². The number of hydrogen-bond donors (Lipinski definition) is 0. The minimum Gasteiger partial charge on any atom is -0.492 e. The molecule has 0 unspecified atom stereocenters. The molecule has 1 aromatic heterocycles. The summed E-state index contributed by atoms with van der Waals surface area (Å²) in [5.41, 5.74) is 2.00. The number of para-hydroxylation sites is 1. The van der Waals surface area contributed by atoms with E-state index in [-0.39, 0.29) is 5.78 Å². The quantitative estimate of drug-likeness (QED) is 0.730. The standard InChI is InChI=1S/C13H10N2O2/c16-12(11-8-14-5-6-15-11)10-3-1-2-9-4-7-17-13(9)10/h1-3,5-6,8H,4,7H2. The zero-order chi connectivity index (χ0) is 11.7. The summed E-state index contributed by atoms with van der Waals surface area (Å²) < 4.78 is 5.50. The Kier molecular flexibility index (Phi) is 2.33. The van der Waals surface area contributed by atoms with E-state index in [9.17, 15) is 4.79 Å². The van der Waals surface area contributed by atoms with Gasteiger partial charge in [-0.15, -0.1) is 0 Å². The van der Waals surface area contributed by atoms with Gasteiger partial charge in [-0.3, -0.25) is 9.78 Å². The van der Waals surface area contributed by atoms with E-state index in [1.807, 2.05) is 12.1 Å². The molecule has 2 heterocycles. The minimum absolute atomic E-state index is 0.142. The lowest BCUT2D eigenvalue weighted by molar-refractivity contribution is 0.103. The molecule has 0 atom stereocenters. The number of carbonyl (C=O) groups excluding carboxylic acids is 1. The first-order chi connectivity index (χ1) is 8.36. The first-order valence-electron chi connectivity index (χ1n) is 5.41. The van der Waals surface area contributed by atoms with Crippen LogP contribution in [0.5, 0.6) is 5.75 Å². The maximum Gasteiger partial charge on any atom is 0.216 e. The van der Waals surface area contributed by atoms with Gasteiger partial charge in [0.05, 0.1) is 18.4 Å². The van der Waals surface area contributed by atoms with E-state index < -0.39 is 0 Å². The first-order valence-corrected chi connectivity index (χ1v) is 5.41. The lowest BCUT2D eigenvalue weighted by Crippen LogP contribution is -2.06. The van der Waals surface area contributed by atoms with E-state index in [0.717, 1.165) is 12.0 Å². The molecule has 0 saturated carbocycles. The van der Waals surface area contributed by atoms with Crippen LogP contribution >= 0.6 is 0 Å². The van der Waals surface area contributed by atoms with Crippen LogP contribution in [0.1, 0.15) is 21.6 Å². The Morgan fingerprint density at radius 3 is 3.06 bits per heavy atom. The molecule has 0 N–H and O–H groups in total. The Labute approximate surface area is 98.3 Å². The maximum atomic E-state index is 12.2. The van der Waals surface area contributed by atoms with Crippen molar-refractivity contribution in [2.75, 3.05) is 6.61 Å². The number of nitrogens with zero attached hydrogens (tertiary/aromatic N) is 2. The fourth-order valence-electron chi connectivity index (χ4n) is 1.95. The fourth-order valence-corrected chi connectivity index (χ4v) is 1.95. The summed E-state index contributed by atoms with van der Waals surface area (Å²) in [5.74, 6) is 0.556. The van der Waals surface area contributed by atoms with Crippen molar-refractivity contribution in [1.82, 2.24) is 9.97 Å². The van der Waals surface area contributed by atoms with E-state index in [1.165, 1.54) is 12.4 Å². The van der Waals surface area contributed by atoms with Crippen molar-refractivity contribution < 1.29 is 9.53 Å². The van der Waals surface area contributed by atoms with Crippen molar-refractivity contribution in [3.05, 3.63) is 53.6 Å². The number of hydrogen-bond acceptors (Lipinski definition) is 4. The van der Waals surface area contributed by atoms with Crippen LogP contribution in [-0.2, 0) is 6.42 Å². The molecule has 0 saturated heterocycles. The number of ketones is 1. The monoisotopic (exact) mass is 226 g/mol. The second kappa shape index (κ2) is 3.97. The Morgan fingerprint density at radius 2 is 2.24 bits per heavy atom. The second-order valence-corrected chi connectivity index (χ2v) is 3.81. The predicted octanol–water partition coefficient (Wildman–Crippen LogP) is 1.64. The maximum absolute atomic E-state index is 12.2. The molecule has 1 aliphatic rings. The molecule has 0 bridgehead atoms. The summed E-state index contributed by atoms with van der Waals surface area (Å²) in [4.78, 5) is 20.1. The van der Waals surface area contributed by atoms with Crippen molar-refractivity contribution >= 4 is 5.78 Å². The van der Waals surface area contributed by atoms with Crippen molar-refractivity contribution in [3.63, 3.8) is 0 Å². The van der Waals surface area contributed by atoms with Gasteiger partial charge in [0, 0.05) is 18.8 Å². The Balaban J connectivity index is 2.06. The minimum atomic E-state index is -0.142. The Hall–Kier alpha value is -2.23. The lowest BCUT2D eigenvalue weighted by Gasteiger charge is -2.05. The molecule has 1 aliphatic heterocycles. The molecule has 3 rings (SSSR count). The van der Waals surface area contributed by atoms with Crippen LogP contribution in [0.2, 0.25) is 0 Å². The number of aromatic nitrogens is 2. The van der Waals surface area contributed by atoms with Gasteiger partial charge in [0.25, 0.3) is 0 Å². The van der Waals surface area contributed by atoms with Crippen molar-refractivity contribution in [1.29, 1.82) is 0 Å². The third-order valence-electron chi connectivity index (χ3n) is 2.75. The van der Waals surface area contributed by atoms with E-state index in [0.29, 0.717) is 23.6 Å². The summed E-state index contributed by atoms with van der Waals surface area (Å²) in [7, 11) is 0. The number of fused-ring (bicyclic) bond motifs is 1. The van der Waals surface area contributed by atoms with Gasteiger partial charge in [0.2, 0.25) is 5.78 Å². The van der Waals surface area contributed by atoms with Crippen molar-refractivity contribution in [2.24, 2.45) is 0 Å². The molecular formula is C13H10N2O2. The highest BCUT2D eigenvalue weighted by Gasteiger charge is 2.21. The zero-order valence-electron chi connectivity index (χ0n) is 9.09. The lowest BCUT2D eigenvalue weighted by atomic mass is 10.0. The molecule has 0 amide bonds. The zero-order valence-corrected chi connectivity index (χ0v) is 9.09. The molecule has 4 nitrogen and oxygen atoms in total. The fraction of sp³-hybridized carbons (Fsp3) is 0.154.